The lowest BCUT2D eigenvalue weighted by atomic mass is 9.91. The maximum Gasteiger partial charge on any atom is 0.328 e. The van der Waals surface area contributed by atoms with Crippen molar-refractivity contribution < 1.29 is 19.7 Å². The molecule has 0 bridgehead atoms. The van der Waals surface area contributed by atoms with Crippen LogP contribution in [0.4, 0.5) is 0 Å². The Hall–Kier alpha value is -3.72. The van der Waals surface area contributed by atoms with Crippen LogP contribution in [0.15, 0.2) is 58.3 Å². The van der Waals surface area contributed by atoms with Crippen molar-refractivity contribution in [1.29, 1.82) is 0 Å². The third-order valence-corrected chi connectivity index (χ3v) is 5.72. The third-order valence-electron chi connectivity index (χ3n) is 5.72. The minimum absolute atomic E-state index is 0.108. The number of methoxy groups -OCH3 is 1. The zero-order chi connectivity index (χ0) is 24.0. The molecule has 0 saturated heterocycles. The quantitative estimate of drug-likeness (QED) is 0.426. The summed E-state index contributed by atoms with van der Waals surface area (Å²) in [5.74, 6) is -1.58. The van der Waals surface area contributed by atoms with Gasteiger partial charge in [-0.15, -0.1) is 0 Å². The van der Waals surface area contributed by atoms with E-state index >= 15 is 0 Å². The number of carbonyl (C=O) groups is 1. The van der Waals surface area contributed by atoms with Gasteiger partial charge in [0.05, 0.1) is 19.1 Å². The van der Waals surface area contributed by atoms with Crippen molar-refractivity contribution in [3.05, 3.63) is 80.8 Å². The van der Waals surface area contributed by atoms with Crippen LogP contribution in [0, 0.1) is 5.92 Å². The fourth-order valence-electron chi connectivity index (χ4n) is 3.68. The fraction of sp³-hybridized carbons (Fsp3) is 0.333. The van der Waals surface area contributed by atoms with Gasteiger partial charge in [0.15, 0.2) is 0 Å². The highest BCUT2D eigenvalue weighted by Gasteiger charge is 2.26. The van der Waals surface area contributed by atoms with Crippen molar-refractivity contribution in [2.75, 3.05) is 7.11 Å². The van der Waals surface area contributed by atoms with E-state index in [-0.39, 0.29) is 19.3 Å². The molecule has 0 spiro atoms. The number of hydrogen-bond acceptors (Lipinski definition) is 6. The van der Waals surface area contributed by atoms with Crippen LogP contribution in [0.2, 0.25) is 0 Å². The molecule has 9 nitrogen and oxygen atoms in total. The average Bonchev–Trinajstić information content (AvgIpc) is 2.81. The second-order valence-corrected chi connectivity index (χ2v) is 7.86. The van der Waals surface area contributed by atoms with Crippen LogP contribution in [0.3, 0.4) is 0 Å². The van der Waals surface area contributed by atoms with Crippen LogP contribution in [-0.2, 0) is 24.7 Å². The summed E-state index contributed by atoms with van der Waals surface area (Å²) in [6.45, 7) is 0. The molecule has 3 rings (SSSR count). The zero-order valence-electron chi connectivity index (χ0n) is 18.5. The highest BCUT2D eigenvalue weighted by Crippen LogP contribution is 2.22. The van der Waals surface area contributed by atoms with Gasteiger partial charge in [-0.25, -0.2) is 9.78 Å². The second-order valence-electron chi connectivity index (χ2n) is 7.86. The molecule has 0 radical (unpaired) electrons. The summed E-state index contributed by atoms with van der Waals surface area (Å²) < 4.78 is 6.34. The summed E-state index contributed by atoms with van der Waals surface area (Å²) in [4.78, 5) is 41.3. The van der Waals surface area contributed by atoms with Gasteiger partial charge < -0.3 is 19.5 Å². The summed E-state index contributed by atoms with van der Waals surface area (Å²) >= 11 is 0. The standard InChI is InChI=1S/C24H27N3O6/c1-27-18(13-21(29)26-24(27)32)9-10-19(23(30)31)20(28)11-5-15-3-6-16(7-4-15)17-8-12-22(33-2)25-14-17/h3-4,6-8,12-14,19-20,28H,5,9-11H2,1-2H3,(H,30,31)(H,26,29,32)/t19-,20+/m0/s1. The number of benzene rings is 1. The molecule has 0 amide bonds. The molecule has 0 aliphatic rings. The number of aromatic amines is 1. The molecule has 0 fully saturated rings. The van der Waals surface area contributed by atoms with E-state index in [1.807, 2.05) is 30.3 Å². The van der Waals surface area contributed by atoms with Crippen LogP contribution >= 0.6 is 0 Å². The van der Waals surface area contributed by atoms with Crippen LogP contribution in [0.5, 0.6) is 5.88 Å². The van der Waals surface area contributed by atoms with Crippen LogP contribution in [0.25, 0.3) is 11.1 Å². The Morgan fingerprint density at radius 1 is 1.09 bits per heavy atom. The lowest BCUT2D eigenvalue weighted by Crippen LogP contribution is -2.32. The van der Waals surface area contributed by atoms with Gasteiger partial charge in [0, 0.05) is 36.6 Å². The number of aliphatic carboxylic acids is 1. The van der Waals surface area contributed by atoms with E-state index in [4.69, 9.17) is 4.74 Å². The number of hydrogen-bond donors (Lipinski definition) is 3. The van der Waals surface area contributed by atoms with E-state index < -0.39 is 29.2 Å². The number of carboxylic acids is 1. The number of pyridine rings is 1. The zero-order valence-corrected chi connectivity index (χ0v) is 18.5. The lowest BCUT2D eigenvalue weighted by Gasteiger charge is -2.19. The number of carboxylic acid groups (broad SMARTS) is 1. The van der Waals surface area contributed by atoms with Gasteiger partial charge in [-0.05, 0) is 42.9 Å². The topological polar surface area (TPSA) is 135 Å². The van der Waals surface area contributed by atoms with Gasteiger partial charge in [-0.1, -0.05) is 24.3 Å². The van der Waals surface area contributed by atoms with Crippen molar-refractivity contribution in [3.8, 4) is 17.0 Å². The Balaban J connectivity index is 1.60. The summed E-state index contributed by atoms with van der Waals surface area (Å²) in [6.07, 6.45) is 1.74. The van der Waals surface area contributed by atoms with Crippen molar-refractivity contribution >= 4 is 5.97 Å². The molecule has 0 aliphatic carbocycles. The summed E-state index contributed by atoms with van der Waals surface area (Å²) in [6, 6.07) is 12.8. The van der Waals surface area contributed by atoms with Crippen LogP contribution in [0.1, 0.15) is 24.1 Å². The third kappa shape index (κ3) is 6.17. The van der Waals surface area contributed by atoms with Crippen molar-refractivity contribution in [2.24, 2.45) is 13.0 Å². The number of ether oxygens (including phenoxy) is 1. The van der Waals surface area contributed by atoms with Gasteiger partial charge in [0.2, 0.25) is 5.88 Å². The Morgan fingerprint density at radius 2 is 1.79 bits per heavy atom. The molecule has 2 aromatic heterocycles. The normalized spacial score (nSPS) is 12.8. The Kier molecular flexibility index (Phi) is 7.78. The number of aliphatic hydroxyl groups excluding tert-OH is 1. The summed E-state index contributed by atoms with van der Waals surface area (Å²) in [5, 5.41) is 20.1. The number of aryl methyl sites for hydroxylation is 2. The SMILES string of the molecule is COc1ccc(-c2ccc(CC[C@@H](O)[C@H](CCc3cc(=O)[nH]c(=O)n3C)C(=O)O)cc2)cn1. The Morgan fingerprint density at radius 3 is 2.39 bits per heavy atom. The monoisotopic (exact) mass is 453 g/mol. The minimum Gasteiger partial charge on any atom is -0.481 e. The van der Waals surface area contributed by atoms with E-state index in [1.165, 1.54) is 17.7 Å². The number of nitrogens with zero attached hydrogens (tertiary/aromatic N) is 2. The summed E-state index contributed by atoms with van der Waals surface area (Å²) in [5.41, 5.74) is 2.24. The molecule has 0 aliphatic heterocycles. The Labute approximate surface area is 190 Å². The molecular weight excluding hydrogens is 426 g/mol. The van der Waals surface area contributed by atoms with E-state index in [0.29, 0.717) is 18.0 Å². The molecule has 3 aromatic rings. The average molecular weight is 453 g/mol. The molecule has 2 atom stereocenters. The van der Waals surface area contributed by atoms with Crippen LogP contribution in [-0.4, -0.2) is 43.9 Å². The number of aliphatic hydroxyl groups is 1. The predicted molar refractivity (Wildman–Crippen MR) is 122 cm³/mol. The molecule has 0 unspecified atom stereocenters. The first-order valence-electron chi connectivity index (χ1n) is 10.6. The first-order valence-corrected chi connectivity index (χ1v) is 10.6. The summed E-state index contributed by atoms with van der Waals surface area (Å²) in [7, 11) is 3.07. The molecule has 174 valence electrons. The van der Waals surface area contributed by atoms with Gasteiger partial charge in [-0.2, -0.15) is 0 Å². The van der Waals surface area contributed by atoms with Crippen molar-refractivity contribution in [2.45, 2.75) is 31.8 Å². The number of aromatic nitrogens is 3. The molecule has 9 heteroatoms. The lowest BCUT2D eigenvalue weighted by molar-refractivity contribution is -0.146. The van der Waals surface area contributed by atoms with Crippen LogP contribution < -0.4 is 16.0 Å². The predicted octanol–water partition coefficient (Wildman–Crippen LogP) is 1.77. The Bertz CT molecular complexity index is 1200. The highest BCUT2D eigenvalue weighted by molar-refractivity contribution is 5.70. The van der Waals surface area contributed by atoms with Gasteiger partial charge in [0.25, 0.3) is 5.56 Å². The van der Waals surface area contributed by atoms with E-state index in [0.717, 1.165) is 16.7 Å². The second kappa shape index (κ2) is 10.7. The van der Waals surface area contributed by atoms with E-state index in [1.54, 1.807) is 19.4 Å². The maximum absolute atomic E-state index is 11.7. The molecular formula is C24H27N3O6. The number of H-pyrrole nitrogens is 1. The highest BCUT2D eigenvalue weighted by atomic mass is 16.5. The smallest absolute Gasteiger partial charge is 0.328 e. The molecule has 2 heterocycles. The largest absolute Gasteiger partial charge is 0.481 e. The van der Waals surface area contributed by atoms with Gasteiger partial charge >= 0.3 is 11.7 Å². The minimum atomic E-state index is -1.11. The van der Waals surface area contributed by atoms with Gasteiger partial charge in [0.1, 0.15) is 0 Å². The number of nitrogens with one attached hydrogen (secondary N) is 1. The number of rotatable bonds is 10. The molecule has 1 aromatic carbocycles. The molecule has 3 N–H and O–H groups in total. The molecule has 33 heavy (non-hydrogen) atoms. The first-order chi connectivity index (χ1) is 15.8. The fourth-order valence-corrected chi connectivity index (χ4v) is 3.68. The molecule has 0 saturated carbocycles. The van der Waals surface area contributed by atoms with E-state index in [9.17, 15) is 24.6 Å². The van der Waals surface area contributed by atoms with Gasteiger partial charge in [-0.3, -0.25) is 14.6 Å². The first kappa shape index (κ1) is 23.9. The van der Waals surface area contributed by atoms with Crippen molar-refractivity contribution in [3.63, 3.8) is 0 Å². The van der Waals surface area contributed by atoms with E-state index in [2.05, 4.69) is 9.97 Å². The maximum atomic E-state index is 11.7. The van der Waals surface area contributed by atoms with Crippen molar-refractivity contribution in [1.82, 2.24) is 14.5 Å².